The Hall–Kier alpha value is -1.43. The second-order valence-corrected chi connectivity index (χ2v) is 4.33. The van der Waals surface area contributed by atoms with Crippen LogP contribution in [0.25, 0.3) is 0 Å². The summed E-state index contributed by atoms with van der Waals surface area (Å²) in [5.74, 6) is 0.309. The standard InChI is InChI=1S/C8H11N5S/c1-5-7(14-6(2)11-5)3-13-4-10-8(9)12-13/h4H,3H2,1-2H3,(H2,9,12). The Morgan fingerprint density at radius 3 is 2.79 bits per heavy atom. The van der Waals surface area contributed by atoms with Gasteiger partial charge in [-0.2, -0.15) is 0 Å². The third-order valence-electron chi connectivity index (χ3n) is 1.86. The van der Waals surface area contributed by atoms with E-state index in [4.69, 9.17) is 5.73 Å². The van der Waals surface area contributed by atoms with Crippen molar-refractivity contribution in [1.82, 2.24) is 19.7 Å². The number of hydrogen-bond acceptors (Lipinski definition) is 5. The normalized spacial score (nSPS) is 10.7. The van der Waals surface area contributed by atoms with E-state index in [1.54, 1.807) is 22.3 Å². The molecule has 14 heavy (non-hydrogen) atoms. The highest BCUT2D eigenvalue weighted by atomic mass is 32.1. The van der Waals surface area contributed by atoms with E-state index in [0.717, 1.165) is 10.7 Å². The Morgan fingerprint density at radius 1 is 1.50 bits per heavy atom. The van der Waals surface area contributed by atoms with Crippen molar-refractivity contribution in [2.75, 3.05) is 5.73 Å². The van der Waals surface area contributed by atoms with E-state index in [1.165, 1.54) is 4.88 Å². The third kappa shape index (κ3) is 1.74. The Balaban J connectivity index is 2.22. The highest BCUT2D eigenvalue weighted by Crippen LogP contribution is 2.17. The zero-order chi connectivity index (χ0) is 10.1. The summed E-state index contributed by atoms with van der Waals surface area (Å²) in [4.78, 5) is 9.40. The van der Waals surface area contributed by atoms with Gasteiger partial charge in [-0.1, -0.05) is 0 Å². The molecular weight excluding hydrogens is 198 g/mol. The van der Waals surface area contributed by atoms with Crippen LogP contribution in [0.15, 0.2) is 6.33 Å². The van der Waals surface area contributed by atoms with Crippen molar-refractivity contribution in [3.63, 3.8) is 0 Å². The maximum absolute atomic E-state index is 5.42. The highest BCUT2D eigenvalue weighted by molar-refractivity contribution is 7.11. The topological polar surface area (TPSA) is 69.6 Å². The molecule has 2 heterocycles. The molecule has 0 radical (unpaired) electrons. The minimum atomic E-state index is 0.309. The number of aromatic nitrogens is 4. The summed E-state index contributed by atoms with van der Waals surface area (Å²) in [6.45, 7) is 4.69. The Bertz CT molecular complexity index is 444. The Morgan fingerprint density at radius 2 is 2.29 bits per heavy atom. The van der Waals surface area contributed by atoms with Gasteiger partial charge in [-0.25, -0.2) is 14.6 Å². The first-order valence-electron chi connectivity index (χ1n) is 4.23. The number of aryl methyl sites for hydroxylation is 2. The van der Waals surface area contributed by atoms with Gasteiger partial charge < -0.3 is 5.73 Å². The first-order chi connectivity index (χ1) is 6.65. The van der Waals surface area contributed by atoms with E-state index in [-0.39, 0.29) is 0 Å². The first-order valence-corrected chi connectivity index (χ1v) is 5.04. The molecule has 0 atom stereocenters. The fourth-order valence-electron chi connectivity index (χ4n) is 1.25. The summed E-state index contributed by atoms with van der Waals surface area (Å²) in [6.07, 6.45) is 1.63. The Kier molecular flexibility index (Phi) is 2.20. The summed E-state index contributed by atoms with van der Waals surface area (Å²) in [7, 11) is 0. The van der Waals surface area contributed by atoms with Crippen LogP contribution in [-0.4, -0.2) is 19.7 Å². The van der Waals surface area contributed by atoms with E-state index in [2.05, 4.69) is 15.1 Å². The molecule has 0 aliphatic rings. The molecule has 2 aromatic rings. The molecule has 0 fully saturated rings. The lowest BCUT2D eigenvalue weighted by molar-refractivity contribution is 0.691. The van der Waals surface area contributed by atoms with Crippen LogP contribution in [0.1, 0.15) is 15.6 Å². The average Bonchev–Trinajstić information content (AvgIpc) is 2.61. The molecule has 5 nitrogen and oxygen atoms in total. The lowest BCUT2D eigenvalue weighted by Gasteiger charge is -1.96. The van der Waals surface area contributed by atoms with Crippen LogP contribution >= 0.6 is 11.3 Å². The van der Waals surface area contributed by atoms with Crippen LogP contribution in [0.5, 0.6) is 0 Å². The third-order valence-corrected chi connectivity index (χ3v) is 2.92. The molecule has 2 rings (SSSR count). The molecule has 0 aliphatic heterocycles. The van der Waals surface area contributed by atoms with Crippen molar-refractivity contribution in [3.05, 3.63) is 21.9 Å². The van der Waals surface area contributed by atoms with Crippen LogP contribution in [0, 0.1) is 13.8 Å². The van der Waals surface area contributed by atoms with Gasteiger partial charge >= 0.3 is 0 Å². The number of anilines is 1. The number of hydrogen-bond donors (Lipinski definition) is 1. The van der Waals surface area contributed by atoms with Crippen LogP contribution in [0.2, 0.25) is 0 Å². The van der Waals surface area contributed by atoms with Gasteiger partial charge in [-0.05, 0) is 13.8 Å². The number of rotatable bonds is 2. The van der Waals surface area contributed by atoms with Crippen molar-refractivity contribution in [2.24, 2.45) is 0 Å². The van der Waals surface area contributed by atoms with Crippen molar-refractivity contribution in [2.45, 2.75) is 20.4 Å². The van der Waals surface area contributed by atoms with Gasteiger partial charge in [-0.15, -0.1) is 16.4 Å². The van der Waals surface area contributed by atoms with E-state index < -0.39 is 0 Å². The van der Waals surface area contributed by atoms with Gasteiger partial charge in [0.2, 0.25) is 5.95 Å². The van der Waals surface area contributed by atoms with Crippen LogP contribution in [-0.2, 0) is 6.54 Å². The van der Waals surface area contributed by atoms with E-state index in [9.17, 15) is 0 Å². The second-order valence-electron chi connectivity index (χ2n) is 3.04. The van der Waals surface area contributed by atoms with Gasteiger partial charge in [0.25, 0.3) is 0 Å². The van der Waals surface area contributed by atoms with Gasteiger partial charge in [0.1, 0.15) is 6.33 Å². The largest absolute Gasteiger partial charge is 0.367 e. The zero-order valence-corrected chi connectivity index (χ0v) is 8.88. The quantitative estimate of drug-likeness (QED) is 0.800. The van der Waals surface area contributed by atoms with Crippen LogP contribution in [0.3, 0.4) is 0 Å². The van der Waals surface area contributed by atoms with Gasteiger partial charge in [-0.3, -0.25) is 0 Å². The van der Waals surface area contributed by atoms with Gasteiger partial charge in [0, 0.05) is 4.88 Å². The number of nitrogens with zero attached hydrogens (tertiary/aromatic N) is 4. The van der Waals surface area contributed by atoms with E-state index in [1.807, 2.05) is 13.8 Å². The van der Waals surface area contributed by atoms with Gasteiger partial charge in [0.15, 0.2) is 0 Å². The molecule has 0 saturated carbocycles. The highest BCUT2D eigenvalue weighted by Gasteiger charge is 2.06. The molecule has 0 aliphatic carbocycles. The second kappa shape index (κ2) is 3.38. The predicted molar refractivity (Wildman–Crippen MR) is 55.1 cm³/mol. The number of thiazole rings is 1. The first kappa shape index (κ1) is 9.14. The SMILES string of the molecule is Cc1nc(C)c(Cn2cnc(N)n2)s1. The number of nitrogen functional groups attached to an aromatic ring is 1. The minimum absolute atomic E-state index is 0.309. The molecule has 0 amide bonds. The Labute approximate surface area is 85.6 Å². The fraction of sp³-hybridized carbons (Fsp3) is 0.375. The molecule has 0 unspecified atom stereocenters. The predicted octanol–water partition coefficient (Wildman–Crippen LogP) is 0.982. The zero-order valence-electron chi connectivity index (χ0n) is 8.06. The van der Waals surface area contributed by atoms with E-state index in [0.29, 0.717) is 12.5 Å². The van der Waals surface area contributed by atoms with Gasteiger partial charge in [0.05, 0.1) is 17.2 Å². The lowest BCUT2D eigenvalue weighted by atomic mass is 10.4. The minimum Gasteiger partial charge on any atom is -0.367 e. The van der Waals surface area contributed by atoms with Crippen molar-refractivity contribution >= 4 is 17.3 Å². The van der Waals surface area contributed by atoms with Crippen LogP contribution in [0.4, 0.5) is 5.95 Å². The molecule has 6 heteroatoms. The molecule has 2 aromatic heterocycles. The molecule has 0 spiro atoms. The molecule has 2 N–H and O–H groups in total. The smallest absolute Gasteiger partial charge is 0.239 e. The number of nitrogens with two attached hydrogens (primary N) is 1. The molecule has 74 valence electrons. The summed E-state index contributed by atoms with van der Waals surface area (Å²) < 4.78 is 1.72. The van der Waals surface area contributed by atoms with Crippen molar-refractivity contribution < 1.29 is 0 Å². The molecule has 0 bridgehead atoms. The summed E-state index contributed by atoms with van der Waals surface area (Å²) in [5.41, 5.74) is 6.48. The fourth-order valence-corrected chi connectivity index (χ4v) is 2.18. The summed E-state index contributed by atoms with van der Waals surface area (Å²) >= 11 is 1.68. The summed E-state index contributed by atoms with van der Waals surface area (Å²) in [6, 6.07) is 0. The maximum atomic E-state index is 5.42. The molecule has 0 aromatic carbocycles. The summed E-state index contributed by atoms with van der Waals surface area (Å²) in [5, 5.41) is 5.09. The molecule has 0 saturated heterocycles. The van der Waals surface area contributed by atoms with Crippen LogP contribution < -0.4 is 5.73 Å². The average molecular weight is 209 g/mol. The van der Waals surface area contributed by atoms with Crippen molar-refractivity contribution in [1.29, 1.82) is 0 Å². The molecular formula is C8H11N5S. The van der Waals surface area contributed by atoms with E-state index >= 15 is 0 Å². The lowest BCUT2D eigenvalue weighted by Crippen LogP contribution is -2.00. The van der Waals surface area contributed by atoms with Crippen molar-refractivity contribution in [3.8, 4) is 0 Å². The monoisotopic (exact) mass is 209 g/mol. The maximum Gasteiger partial charge on any atom is 0.239 e.